The fourth-order valence-corrected chi connectivity index (χ4v) is 3.62. The fourth-order valence-electron chi connectivity index (χ4n) is 2.82. The number of nitrogens with zero attached hydrogens (tertiary/aromatic N) is 1. The molecule has 2 aromatic carbocycles. The average Bonchev–Trinajstić information content (AvgIpc) is 3.28. The van der Waals surface area contributed by atoms with Crippen LogP contribution >= 0.6 is 11.3 Å². The lowest BCUT2D eigenvalue weighted by molar-refractivity contribution is -0.145. The number of methoxy groups -OCH3 is 1. The molecule has 1 amide bonds. The Labute approximate surface area is 184 Å². The van der Waals surface area contributed by atoms with Crippen molar-refractivity contribution in [1.82, 2.24) is 10.3 Å². The van der Waals surface area contributed by atoms with Gasteiger partial charge in [-0.15, -0.1) is 11.3 Å². The van der Waals surface area contributed by atoms with Crippen LogP contribution in [0.5, 0.6) is 0 Å². The Kier molecular flexibility index (Phi) is 7.50. The first-order valence-electron chi connectivity index (χ1n) is 9.57. The molecule has 8 heteroatoms. The number of carbonyl (C=O) groups is 3. The Balaban J connectivity index is 1.56. The number of esters is 2. The summed E-state index contributed by atoms with van der Waals surface area (Å²) in [5, 5.41) is 4.82. The van der Waals surface area contributed by atoms with E-state index in [1.165, 1.54) is 18.4 Å². The van der Waals surface area contributed by atoms with Crippen molar-refractivity contribution in [2.45, 2.75) is 19.4 Å². The van der Waals surface area contributed by atoms with Crippen LogP contribution in [-0.4, -0.2) is 42.6 Å². The number of aromatic nitrogens is 1. The van der Waals surface area contributed by atoms with Gasteiger partial charge in [-0.3, -0.25) is 4.79 Å². The second-order valence-electron chi connectivity index (χ2n) is 6.81. The van der Waals surface area contributed by atoms with Gasteiger partial charge in [0.25, 0.3) is 5.91 Å². The van der Waals surface area contributed by atoms with Gasteiger partial charge in [0.15, 0.2) is 12.3 Å². The van der Waals surface area contributed by atoms with E-state index >= 15 is 0 Å². The molecule has 0 spiro atoms. The summed E-state index contributed by atoms with van der Waals surface area (Å²) >= 11 is 1.32. The average molecular weight is 439 g/mol. The van der Waals surface area contributed by atoms with Gasteiger partial charge in [-0.1, -0.05) is 60.2 Å². The lowest BCUT2D eigenvalue weighted by Crippen LogP contribution is -2.44. The first-order valence-corrected chi connectivity index (χ1v) is 10.4. The number of nitrogens with one attached hydrogen (secondary N) is 1. The van der Waals surface area contributed by atoms with Crippen LogP contribution in [0.4, 0.5) is 0 Å². The molecule has 0 aliphatic carbocycles. The number of hydrogen-bond acceptors (Lipinski definition) is 7. The highest BCUT2D eigenvalue weighted by atomic mass is 32.1. The maximum absolute atomic E-state index is 12.3. The van der Waals surface area contributed by atoms with E-state index < -0.39 is 30.5 Å². The van der Waals surface area contributed by atoms with Crippen LogP contribution in [0.3, 0.4) is 0 Å². The molecule has 1 unspecified atom stereocenters. The summed E-state index contributed by atoms with van der Waals surface area (Å²) in [7, 11) is 1.25. The van der Waals surface area contributed by atoms with Crippen molar-refractivity contribution in [3.8, 4) is 10.6 Å². The van der Waals surface area contributed by atoms with Gasteiger partial charge in [-0.2, -0.15) is 0 Å². The summed E-state index contributed by atoms with van der Waals surface area (Å²) in [5.74, 6) is -1.89. The zero-order valence-electron chi connectivity index (χ0n) is 17.2. The SMILES string of the molecule is COC(=O)C(Cc1ccccc1)NC(=O)COC(=O)c1csc(-c2ccc(C)cc2)n1. The van der Waals surface area contributed by atoms with Gasteiger partial charge in [0.05, 0.1) is 7.11 Å². The molecule has 1 heterocycles. The molecule has 7 nitrogen and oxygen atoms in total. The highest BCUT2D eigenvalue weighted by Crippen LogP contribution is 2.24. The highest BCUT2D eigenvalue weighted by molar-refractivity contribution is 7.13. The van der Waals surface area contributed by atoms with Gasteiger partial charge < -0.3 is 14.8 Å². The molecule has 3 aromatic rings. The number of ether oxygens (including phenoxy) is 2. The molecule has 1 aromatic heterocycles. The van der Waals surface area contributed by atoms with Crippen LogP contribution in [0, 0.1) is 6.92 Å². The summed E-state index contributed by atoms with van der Waals surface area (Å²) in [6.45, 7) is 1.46. The standard InChI is InChI=1S/C23H22N2O5S/c1-15-8-10-17(11-9-15)21-25-19(14-31-21)23(28)30-13-20(26)24-18(22(27)29-2)12-16-6-4-3-5-7-16/h3-11,14,18H,12-13H2,1-2H3,(H,24,26). The number of aryl methyl sites for hydroxylation is 1. The predicted octanol–water partition coefficient (Wildman–Crippen LogP) is 3.18. The van der Waals surface area contributed by atoms with E-state index in [4.69, 9.17) is 9.47 Å². The second kappa shape index (κ2) is 10.5. The zero-order chi connectivity index (χ0) is 22.2. The Morgan fingerprint density at radius 2 is 1.77 bits per heavy atom. The quantitative estimate of drug-likeness (QED) is 0.543. The summed E-state index contributed by atoms with van der Waals surface area (Å²) in [6, 6.07) is 16.1. The van der Waals surface area contributed by atoms with E-state index in [0.29, 0.717) is 5.01 Å². The van der Waals surface area contributed by atoms with Gasteiger partial charge >= 0.3 is 11.9 Å². The number of benzene rings is 2. The van der Waals surface area contributed by atoms with Crippen LogP contribution in [0.25, 0.3) is 10.6 Å². The third-order valence-electron chi connectivity index (χ3n) is 4.45. The smallest absolute Gasteiger partial charge is 0.358 e. The molecule has 0 saturated carbocycles. The Bertz CT molecular complexity index is 1050. The van der Waals surface area contributed by atoms with E-state index in [1.807, 2.05) is 61.5 Å². The molecule has 0 aliphatic rings. The van der Waals surface area contributed by atoms with Crippen molar-refractivity contribution in [2.75, 3.05) is 13.7 Å². The number of amides is 1. The van der Waals surface area contributed by atoms with Crippen molar-refractivity contribution in [2.24, 2.45) is 0 Å². The first kappa shape index (κ1) is 22.2. The molecule has 31 heavy (non-hydrogen) atoms. The van der Waals surface area contributed by atoms with Crippen LogP contribution < -0.4 is 5.32 Å². The van der Waals surface area contributed by atoms with Crippen LogP contribution in [0.1, 0.15) is 21.6 Å². The third-order valence-corrected chi connectivity index (χ3v) is 5.34. The molecular formula is C23H22N2O5S. The van der Waals surface area contributed by atoms with Crippen molar-refractivity contribution in [1.29, 1.82) is 0 Å². The molecule has 160 valence electrons. The molecule has 0 bridgehead atoms. The summed E-state index contributed by atoms with van der Waals surface area (Å²) in [5.41, 5.74) is 3.01. The normalized spacial score (nSPS) is 11.4. The van der Waals surface area contributed by atoms with Gasteiger partial charge in [-0.05, 0) is 12.5 Å². The van der Waals surface area contributed by atoms with Crippen molar-refractivity contribution < 1.29 is 23.9 Å². The first-order chi connectivity index (χ1) is 15.0. The predicted molar refractivity (Wildman–Crippen MR) is 117 cm³/mol. The minimum Gasteiger partial charge on any atom is -0.467 e. The number of hydrogen-bond donors (Lipinski definition) is 1. The van der Waals surface area contributed by atoms with Crippen molar-refractivity contribution >= 4 is 29.2 Å². The lowest BCUT2D eigenvalue weighted by Gasteiger charge is -2.16. The van der Waals surface area contributed by atoms with Gasteiger partial charge in [0, 0.05) is 17.4 Å². The summed E-state index contributed by atoms with van der Waals surface area (Å²) in [4.78, 5) is 40.8. The van der Waals surface area contributed by atoms with Gasteiger partial charge in [-0.25, -0.2) is 14.6 Å². The van der Waals surface area contributed by atoms with E-state index in [0.717, 1.165) is 16.7 Å². The van der Waals surface area contributed by atoms with Gasteiger partial charge in [0.1, 0.15) is 11.0 Å². The monoisotopic (exact) mass is 438 g/mol. The van der Waals surface area contributed by atoms with E-state index in [2.05, 4.69) is 10.3 Å². The number of carbonyl (C=O) groups excluding carboxylic acids is 3. The van der Waals surface area contributed by atoms with Crippen LogP contribution in [-0.2, 0) is 25.5 Å². The van der Waals surface area contributed by atoms with Crippen LogP contribution in [0.15, 0.2) is 60.0 Å². The fraction of sp³-hybridized carbons (Fsp3) is 0.217. The lowest BCUT2D eigenvalue weighted by atomic mass is 10.1. The zero-order valence-corrected chi connectivity index (χ0v) is 18.0. The minimum atomic E-state index is -0.883. The molecule has 1 N–H and O–H groups in total. The Morgan fingerprint density at radius 1 is 1.06 bits per heavy atom. The molecule has 0 radical (unpaired) electrons. The molecular weight excluding hydrogens is 416 g/mol. The number of thiazole rings is 1. The highest BCUT2D eigenvalue weighted by Gasteiger charge is 2.23. The Hall–Kier alpha value is -3.52. The van der Waals surface area contributed by atoms with E-state index in [-0.39, 0.29) is 12.1 Å². The van der Waals surface area contributed by atoms with E-state index in [9.17, 15) is 14.4 Å². The molecule has 0 aliphatic heterocycles. The summed E-state index contributed by atoms with van der Waals surface area (Å²) in [6.07, 6.45) is 0.263. The van der Waals surface area contributed by atoms with Crippen molar-refractivity contribution in [3.63, 3.8) is 0 Å². The van der Waals surface area contributed by atoms with Crippen molar-refractivity contribution in [3.05, 3.63) is 76.8 Å². The molecule has 1 atom stereocenters. The molecule has 0 fully saturated rings. The molecule has 0 saturated heterocycles. The number of rotatable bonds is 8. The van der Waals surface area contributed by atoms with Crippen LogP contribution in [0.2, 0.25) is 0 Å². The largest absolute Gasteiger partial charge is 0.467 e. The third kappa shape index (κ3) is 6.23. The van der Waals surface area contributed by atoms with E-state index in [1.54, 1.807) is 5.38 Å². The minimum absolute atomic E-state index is 0.127. The Morgan fingerprint density at radius 3 is 2.45 bits per heavy atom. The molecule has 3 rings (SSSR count). The second-order valence-corrected chi connectivity index (χ2v) is 7.67. The maximum atomic E-state index is 12.3. The van der Waals surface area contributed by atoms with Gasteiger partial charge in [0.2, 0.25) is 0 Å². The maximum Gasteiger partial charge on any atom is 0.358 e. The summed E-state index contributed by atoms with van der Waals surface area (Å²) < 4.78 is 9.83. The topological polar surface area (TPSA) is 94.6 Å².